The summed E-state index contributed by atoms with van der Waals surface area (Å²) in [5.41, 5.74) is 2.40. The molecule has 28 heavy (non-hydrogen) atoms. The Labute approximate surface area is 161 Å². The molecule has 1 saturated carbocycles. The highest BCUT2D eigenvalue weighted by molar-refractivity contribution is 5.71. The molecule has 0 N–H and O–H groups in total. The number of halogens is 2. The molecule has 1 aromatic carbocycles. The lowest BCUT2D eigenvalue weighted by Crippen LogP contribution is -2.30. The second-order valence-electron chi connectivity index (χ2n) is 7.98. The van der Waals surface area contributed by atoms with Crippen LogP contribution in [0.4, 0.5) is 8.78 Å². The molecular formula is C21H22F2N4O. The second kappa shape index (κ2) is 6.81. The number of benzene rings is 1. The van der Waals surface area contributed by atoms with Gasteiger partial charge in [0.1, 0.15) is 0 Å². The number of pyridine rings is 1. The fraction of sp³-hybridized carbons (Fsp3) is 0.429. The maximum atomic E-state index is 13.5. The molecule has 2 aromatic heterocycles. The molecule has 1 atom stereocenters. The molecule has 0 bridgehead atoms. The third-order valence-corrected chi connectivity index (χ3v) is 5.86. The zero-order chi connectivity index (χ0) is 19.3. The van der Waals surface area contributed by atoms with E-state index < -0.39 is 11.6 Å². The first-order valence-electron chi connectivity index (χ1n) is 9.82. The maximum absolute atomic E-state index is 13.5. The molecule has 3 aromatic rings. The minimum absolute atomic E-state index is 0.0141. The SMILES string of the molecule is O=c1n(CC2CC2)c2cccnc2n1C1CCN(Cc2ccc(F)c(F)c2)C1. The molecule has 5 nitrogen and oxygen atoms in total. The molecule has 1 unspecified atom stereocenters. The fourth-order valence-corrected chi connectivity index (χ4v) is 4.24. The van der Waals surface area contributed by atoms with E-state index >= 15 is 0 Å². The Balaban J connectivity index is 1.41. The van der Waals surface area contributed by atoms with Gasteiger partial charge in [0, 0.05) is 32.4 Å². The van der Waals surface area contributed by atoms with Gasteiger partial charge in [0.25, 0.3) is 0 Å². The van der Waals surface area contributed by atoms with Gasteiger partial charge in [-0.15, -0.1) is 0 Å². The highest BCUT2D eigenvalue weighted by Crippen LogP contribution is 2.32. The normalized spacial score (nSPS) is 20.3. The van der Waals surface area contributed by atoms with Gasteiger partial charge in [-0.1, -0.05) is 6.07 Å². The molecule has 1 aliphatic carbocycles. The van der Waals surface area contributed by atoms with Crippen molar-refractivity contribution in [1.29, 1.82) is 0 Å². The minimum Gasteiger partial charge on any atom is -0.297 e. The fourth-order valence-electron chi connectivity index (χ4n) is 4.24. The molecule has 2 aliphatic rings. The zero-order valence-electron chi connectivity index (χ0n) is 15.5. The predicted octanol–water partition coefficient (Wildman–Crippen LogP) is 3.33. The van der Waals surface area contributed by atoms with Crippen LogP contribution in [0.25, 0.3) is 11.2 Å². The molecule has 0 amide bonds. The van der Waals surface area contributed by atoms with Gasteiger partial charge in [-0.3, -0.25) is 14.0 Å². The third-order valence-electron chi connectivity index (χ3n) is 5.86. The van der Waals surface area contributed by atoms with Gasteiger partial charge >= 0.3 is 5.69 Å². The minimum atomic E-state index is -0.829. The Kier molecular flexibility index (Phi) is 4.27. The first-order chi connectivity index (χ1) is 13.6. The third kappa shape index (κ3) is 3.13. The molecule has 5 rings (SSSR count). The molecule has 1 saturated heterocycles. The van der Waals surface area contributed by atoms with Crippen molar-refractivity contribution in [2.24, 2.45) is 5.92 Å². The monoisotopic (exact) mass is 384 g/mol. The van der Waals surface area contributed by atoms with Crippen LogP contribution in [0.1, 0.15) is 30.9 Å². The first-order valence-corrected chi connectivity index (χ1v) is 9.82. The quantitative estimate of drug-likeness (QED) is 0.678. The summed E-state index contributed by atoms with van der Waals surface area (Å²) >= 11 is 0. The van der Waals surface area contributed by atoms with E-state index in [1.54, 1.807) is 12.3 Å². The highest BCUT2D eigenvalue weighted by Gasteiger charge is 2.30. The molecule has 3 heterocycles. The summed E-state index contributed by atoms with van der Waals surface area (Å²) in [6.07, 6.45) is 4.94. The van der Waals surface area contributed by atoms with Crippen LogP contribution in [0.15, 0.2) is 41.3 Å². The van der Waals surface area contributed by atoms with E-state index in [0.29, 0.717) is 19.0 Å². The molecule has 146 valence electrons. The standard InChI is InChI=1S/C21H22F2N4O/c22-17-6-5-15(10-18(17)23)11-25-9-7-16(13-25)27-20-19(2-1-8-24-20)26(21(27)28)12-14-3-4-14/h1-2,5-6,8,10,14,16H,3-4,7,9,11-13H2. The Morgan fingerprint density at radius 2 is 1.96 bits per heavy atom. The van der Waals surface area contributed by atoms with Crippen LogP contribution in [0, 0.1) is 17.6 Å². The van der Waals surface area contributed by atoms with E-state index in [4.69, 9.17) is 0 Å². The van der Waals surface area contributed by atoms with Crippen LogP contribution in [0.3, 0.4) is 0 Å². The van der Waals surface area contributed by atoms with Crippen molar-refractivity contribution in [2.75, 3.05) is 13.1 Å². The number of fused-ring (bicyclic) bond motifs is 1. The van der Waals surface area contributed by atoms with Crippen LogP contribution in [0.2, 0.25) is 0 Å². The van der Waals surface area contributed by atoms with E-state index in [1.807, 2.05) is 21.3 Å². The van der Waals surface area contributed by atoms with Gasteiger partial charge in [-0.25, -0.2) is 18.6 Å². The molecule has 7 heteroatoms. The first kappa shape index (κ1) is 17.6. The molecule has 0 spiro atoms. The van der Waals surface area contributed by atoms with Gasteiger partial charge in [-0.05, 0) is 55.0 Å². The molecular weight excluding hydrogens is 362 g/mol. The number of rotatable bonds is 5. The Morgan fingerprint density at radius 1 is 1.11 bits per heavy atom. The summed E-state index contributed by atoms with van der Waals surface area (Å²) in [6, 6.07) is 7.91. The number of hydrogen-bond acceptors (Lipinski definition) is 3. The van der Waals surface area contributed by atoms with Gasteiger partial charge in [0.05, 0.1) is 11.6 Å². The Hall–Kier alpha value is -2.54. The Morgan fingerprint density at radius 3 is 2.75 bits per heavy atom. The lowest BCUT2D eigenvalue weighted by molar-refractivity contribution is 0.314. The maximum Gasteiger partial charge on any atom is 0.330 e. The average molecular weight is 384 g/mol. The van der Waals surface area contributed by atoms with Crippen LogP contribution in [-0.2, 0) is 13.1 Å². The van der Waals surface area contributed by atoms with Crippen LogP contribution in [0.5, 0.6) is 0 Å². The van der Waals surface area contributed by atoms with Gasteiger partial charge in [0.15, 0.2) is 17.3 Å². The number of nitrogens with zero attached hydrogens (tertiary/aromatic N) is 4. The van der Waals surface area contributed by atoms with Gasteiger partial charge in [0.2, 0.25) is 0 Å². The lowest BCUT2D eigenvalue weighted by atomic mass is 10.2. The highest BCUT2D eigenvalue weighted by atomic mass is 19.2. The summed E-state index contributed by atoms with van der Waals surface area (Å²) < 4.78 is 30.3. The van der Waals surface area contributed by atoms with Crippen LogP contribution < -0.4 is 5.69 Å². The van der Waals surface area contributed by atoms with Crippen molar-refractivity contribution in [3.63, 3.8) is 0 Å². The van der Waals surface area contributed by atoms with E-state index in [9.17, 15) is 13.6 Å². The van der Waals surface area contributed by atoms with Crippen molar-refractivity contribution >= 4 is 11.2 Å². The van der Waals surface area contributed by atoms with Gasteiger partial charge in [-0.2, -0.15) is 0 Å². The van der Waals surface area contributed by atoms with Crippen molar-refractivity contribution in [2.45, 2.75) is 38.4 Å². The number of aromatic nitrogens is 3. The number of hydrogen-bond donors (Lipinski definition) is 0. The average Bonchev–Trinajstić information content (AvgIpc) is 3.33. The topological polar surface area (TPSA) is 43.1 Å². The van der Waals surface area contributed by atoms with Crippen molar-refractivity contribution in [3.8, 4) is 0 Å². The van der Waals surface area contributed by atoms with Crippen LogP contribution >= 0.6 is 0 Å². The summed E-state index contributed by atoms with van der Waals surface area (Å²) in [4.78, 5) is 19.8. The van der Waals surface area contributed by atoms with Gasteiger partial charge < -0.3 is 0 Å². The molecule has 1 aliphatic heterocycles. The second-order valence-corrected chi connectivity index (χ2v) is 7.98. The summed E-state index contributed by atoms with van der Waals surface area (Å²) in [7, 11) is 0. The van der Waals surface area contributed by atoms with E-state index in [2.05, 4.69) is 9.88 Å². The Bertz CT molecular complexity index is 1090. The molecule has 0 radical (unpaired) electrons. The smallest absolute Gasteiger partial charge is 0.297 e. The van der Waals surface area contributed by atoms with E-state index in [0.717, 1.165) is 42.3 Å². The number of likely N-dealkylation sites (tertiary alicyclic amines) is 1. The van der Waals surface area contributed by atoms with Crippen molar-refractivity contribution in [1.82, 2.24) is 19.0 Å². The summed E-state index contributed by atoms with van der Waals surface area (Å²) in [5, 5.41) is 0. The molecule has 2 fully saturated rings. The number of imidazole rings is 1. The van der Waals surface area contributed by atoms with E-state index in [1.165, 1.54) is 18.9 Å². The van der Waals surface area contributed by atoms with Crippen molar-refractivity contribution in [3.05, 3.63) is 64.2 Å². The van der Waals surface area contributed by atoms with Crippen molar-refractivity contribution < 1.29 is 8.78 Å². The van der Waals surface area contributed by atoms with E-state index in [-0.39, 0.29) is 11.7 Å². The van der Waals surface area contributed by atoms with Crippen LogP contribution in [-0.4, -0.2) is 32.1 Å². The predicted molar refractivity (Wildman–Crippen MR) is 102 cm³/mol. The summed E-state index contributed by atoms with van der Waals surface area (Å²) in [6.45, 7) is 2.80. The lowest BCUT2D eigenvalue weighted by Gasteiger charge is -2.16. The summed E-state index contributed by atoms with van der Waals surface area (Å²) in [5.74, 6) is -1.05. The largest absolute Gasteiger partial charge is 0.330 e. The zero-order valence-corrected chi connectivity index (χ0v) is 15.5.